The fraction of sp³-hybridized carbons (Fsp3) is 0.107. The molecule has 0 saturated heterocycles. The first kappa shape index (κ1) is 20.3. The smallest absolute Gasteiger partial charge is 0.208 e. The Hall–Kier alpha value is -3.56. The van der Waals surface area contributed by atoms with E-state index in [9.17, 15) is 0 Å². The van der Waals surface area contributed by atoms with Crippen LogP contribution in [0.15, 0.2) is 97.1 Å². The van der Waals surface area contributed by atoms with Crippen LogP contribution in [0.2, 0.25) is 5.02 Å². The van der Waals surface area contributed by atoms with Crippen molar-refractivity contribution in [2.24, 2.45) is 0 Å². The number of nitrogens with zero attached hydrogens (tertiary/aromatic N) is 2. The third kappa shape index (κ3) is 3.65. The van der Waals surface area contributed by atoms with Gasteiger partial charge >= 0.3 is 0 Å². The van der Waals surface area contributed by atoms with Crippen molar-refractivity contribution >= 4 is 22.6 Å². The summed E-state index contributed by atoms with van der Waals surface area (Å²) in [5.41, 5.74) is 8.14. The van der Waals surface area contributed by atoms with Crippen LogP contribution in [0, 0.1) is 5.41 Å². The van der Waals surface area contributed by atoms with E-state index in [0.717, 1.165) is 33.7 Å². The molecule has 0 saturated carbocycles. The van der Waals surface area contributed by atoms with Crippen LogP contribution in [0.3, 0.4) is 0 Å². The van der Waals surface area contributed by atoms with Gasteiger partial charge in [-0.05, 0) is 59.0 Å². The molecule has 0 fully saturated rings. The first-order valence-electron chi connectivity index (χ1n) is 10.8. The van der Waals surface area contributed by atoms with E-state index < -0.39 is 0 Å². The van der Waals surface area contributed by atoms with Gasteiger partial charge in [-0.3, -0.25) is 9.98 Å². The third-order valence-corrected chi connectivity index (χ3v) is 6.33. The zero-order valence-electron chi connectivity index (χ0n) is 17.9. The molecule has 0 atom stereocenters. The quantitative estimate of drug-likeness (QED) is 0.312. The average molecular weight is 438 g/mol. The van der Waals surface area contributed by atoms with Gasteiger partial charge < -0.3 is 4.57 Å². The van der Waals surface area contributed by atoms with Crippen LogP contribution in [0.1, 0.15) is 18.1 Å². The lowest BCUT2D eigenvalue weighted by Gasteiger charge is -2.08. The molecule has 1 heterocycles. The Labute approximate surface area is 192 Å². The van der Waals surface area contributed by atoms with E-state index in [2.05, 4.69) is 67.6 Å². The lowest BCUT2D eigenvalue weighted by atomic mass is 10.0. The lowest BCUT2D eigenvalue weighted by Crippen LogP contribution is -2.24. The summed E-state index contributed by atoms with van der Waals surface area (Å²) >= 11 is 6.42. The van der Waals surface area contributed by atoms with Crippen LogP contribution in [0.25, 0.3) is 27.8 Å². The summed E-state index contributed by atoms with van der Waals surface area (Å²) in [5, 5.41) is 9.70. The topological polar surface area (TPSA) is 33.7 Å². The van der Waals surface area contributed by atoms with Crippen LogP contribution in [0.4, 0.5) is 0 Å². The maximum absolute atomic E-state index is 8.99. The number of imidazole rings is 1. The summed E-state index contributed by atoms with van der Waals surface area (Å²) in [6, 6.07) is 33.1. The molecule has 5 rings (SSSR count). The van der Waals surface area contributed by atoms with Gasteiger partial charge in [0.15, 0.2) is 0 Å². The average Bonchev–Trinajstić information content (AvgIpc) is 3.12. The van der Waals surface area contributed by atoms with Crippen molar-refractivity contribution in [2.75, 3.05) is 0 Å². The Balaban J connectivity index is 1.59. The van der Waals surface area contributed by atoms with E-state index in [1.807, 2.05) is 45.5 Å². The van der Waals surface area contributed by atoms with Gasteiger partial charge in [0.2, 0.25) is 5.62 Å². The van der Waals surface area contributed by atoms with Crippen molar-refractivity contribution in [3.8, 4) is 16.8 Å². The molecule has 158 valence electrons. The molecule has 0 aliphatic carbocycles. The second-order valence-electron chi connectivity index (χ2n) is 7.93. The minimum Gasteiger partial charge on any atom is -0.306 e. The molecule has 4 heteroatoms. The van der Waals surface area contributed by atoms with Gasteiger partial charge in [0.25, 0.3) is 0 Å². The van der Waals surface area contributed by atoms with Crippen LogP contribution in [0.5, 0.6) is 0 Å². The summed E-state index contributed by atoms with van der Waals surface area (Å²) in [5.74, 6) is 0. The molecule has 32 heavy (non-hydrogen) atoms. The van der Waals surface area contributed by atoms with E-state index in [4.69, 9.17) is 17.0 Å². The normalized spacial score (nSPS) is 11.2. The van der Waals surface area contributed by atoms with Crippen molar-refractivity contribution in [3.05, 3.63) is 119 Å². The number of fused-ring (bicyclic) bond motifs is 1. The number of rotatable bonds is 5. The zero-order chi connectivity index (χ0) is 22.1. The minimum absolute atomic E-state index is 0.423. The Bertz CT molecular complexity index is 1460. The number of nitrogens with one attached hydrogen (secondary N) is 1. The van der Waals surface area contributed by atoms with Crippen molar-refractivity contribution < 1.29 is 0 Å². The standard InChI is InChI=1S/C28H24ClN3/c1-2-20-8-7-10-22(18-20)21-14-16-24(17-15-21)32-27-13-6-5-12-26(27)31(28(32)30)19-23-9-3-4-11-25(23)29/h3-18,30H,2,19H2,1H3. The van der Waals surface area contributed by atoms with Crippen LogP contribution in [-0.4, -0.2) is 9.13 Å². The van der Waals surface area contributed by atoms with E-state index in [1.165, 1.54) is 16.7 Å². The number of halogens is 1. The largest absolute Gasteiger partial charge is 0.306 e. The monoisotopic (exact) mass is 437 g/mol. The molecule has 0 aliphatic heterocycles. The van der Waals surface area contributed by atoms with E-state index in [0.29, 0.717) is 12.2 Å². The molecule has 0 bridgehead atoms. The van der Waals surface area contributed by atoms with Crippen molar-refractivity contribution in [3.63, 3.8) is 0 Å². The molecule has 4 aromatic carbocycles. The lowest BCUT2D eigenvalue weighted by molar-refractivity contribution is 0.724. The summed E-state index contributed by atoms with van der Waals surface area (Å²) < 4.78 is 4.01. The highest BCUT2D eigenvalue weighted by Crippen LogP contribution is 2.25. The highest BCUT2D eigenvalue weighted by molar-refractivity contribution is 6.31. The minimum atomic E-state index is 0.423. The van der Waals surface area contributed by atoms with Crippen LogP contribution < -0.4 is 5.62 Å². The fourth-order valence-corrected chi connectivity index (χ4v) is 4.42. The number of hydrogen-bond acceptors (Lipinski definition) is 1. The summed E-state index contributed by atoms with van der Waals surface area (Å²) in [6.45, 7) is 2.72. The molecule has 1 N–H and O–H groups in total. The first-order chi connectivity index (χ1) is 15.7. The van der Waals surface area contributed by atoms with Gasteiger partial charge in [0.1, 0.15) is 0 Å². The SMILES string of the molecule is CCc1cccc(-c2ccc(-n3c(=N)n(Cc4ccccc4Cl)c4ccccc43)cc2)c1. The number of hydrogen-bond donors (Lipinski definition) is 1. The highest BCUT2D eigenvalue weighted by Gasteiger charge is 2.13. The maximum atomic E-state index is 8.99. The Morgan fingerprint density at radius 3 is 2.22 bits per heavy atom. The highest BCUT2D eigenvalue weighted by atomic mass is 35.5. The van der Waals surface area contributed by atoms with E-state index in [1.54, 1.807) is 0 Å². The number of para-hydroxylation sites is 2. The molecule has 0 amide bonds. The van der Waals surface area contributed by atoms with Gasteiger partial charge in [-0.25, -0.2) is 0 Å². The second kappa shape index (κ2) is 8.52. The van der Waals surface area contributed by atoms with Crippen LogP contribution >= 0.6 is 11.6 Å². The Kier molecular flexibility index (Phi) is 5.42. The Morgan fingerprint density at radius 1 is 0.750 bits per heavy atom. The summed E-state index contributed by atoms with van der Waals surface area (Å²) in [4.78, 5) is 0. The predicted octanol–water partition coefficient (Wildman–Crippen LogP) is 6.84. The number of aromatic nitrogens is 2. The second-order valence-corrected chi connectivity index (χ2v) is 8.33. The molecule has 0 radical (unpaired) electrons. The van der Waals surface area contributed by atoms with Crippen LogP contribution in [-0.2, 0) is 13.0 Å². The number of benzene rings is 4. The van der Waals surface area contributed by atoms with Gasteiger partial charge in [0.05, 0.1) is 17.6 Å². The van der Waals surface area contributed by atoms with Gasteiger partial charge in [-0.2, -0.15) is 0 Å². The maximum Gasteiger partial charge on any atom is 0.208 e. The molecular formula is C28H24ClN3. The zero-order valence-corrected chi connectivity index (χ0v) is 18.7. The van der Waals surface area contributed by atoms with E-state index >= 15 is 0 Å². The molecule has 0 spiro atoms. The molecule has 0 unspecified atom stereocenters. The fourth-order valence-electron chi connectivity index (χ4n) is 4.22. The molecule has 0 aliphatic rings. The Morgan fingerprint density at radius 2 is 1.47 bits per heavy atom. The summed E-state index contributed by atoms with van der Waals surface area (Å²) in [6.07, 6.45) is 1.02. The van der Waals surface area contributed by atoms with Crippen molar-refractivity contribution in [2.45, 2.75) is 19.9 Å². The predicted molar refractivity (Wildman–Crippen MR) is 132 cm³/mol. The third-order valence-electron chi connectivity index (χ3n) is 5.96. The van der Waals surface area contributed by atoms with Crippen molar-refractivity contribution in [1.29, 1.82) is 5.41 Å². The van der Waals surface area contributed by atoms with E-state index in [-0.39, 0.29) is 0 Å². The van der Waals surface area contributed by atoms with Gasteiger partial charge in [0, 0.05) is 10.7 Å². The van der Waals surface area contributed by atoms with Gasteiger partial charge in [-0.15, -0.1) is 0 Å². The molecule has 3 nitrogen and oxygen atoms in total. The van der Waals surface area contributed by atoms with Gasteiger partial charge in [-0.1, -0.05) is 85.3 Å². The first-order valence-corrected chi connectivity index (χ1v) is 11.2. The molecule has 5 aromatic rings. The molecular weight excluding hydrogens is 414 g/mol. The van der Waals surface area contributed by atoms with Crippen molar-refractivity contribution in [1.82, 2.24) is 9.13 Å². The summed E-state index contributed by atoms with van der Waals surface area (Å²) in [7, 11) is 0. The molecule has 1 aromatic heterocycles. The number of aryl methyl sites for hydroxylation is 1.